The van der Waals surface area contributed by atoms with Crippen LogP contribution in [0.3, 0.4) is 0 Å². The Labute approximate surface area is 150 Å². The van der Waals surface area contributed by atoms with E-state index in [-0.39, 0.29) is 18.3 Å². The molecular formula is C15H21ClN4OS2. The van der Waals surface area contributed by atoms with E-state index in [1.807, 2.05) is 24.3 Å². The number of aromatic nitrogens is 2. The molecule has 2 rings (SSSR count). The largest absolute Gasteiger partial charge is 0.330 e. The van der Waals surface area contributed by atoms with Crippen LogP contribution in [0.2, 0.25) is 0 Å². The second-order valence-electron chi connectivity index (χ2n) is 4.83. The second kappa shape index (κ2) is 11.4. The lowest BCUT2D eigenvalue weighted by atomic mass is 10.1. The van der Waals surface area contributed by atoms with Crippen molar-refractivity contribution in [2.45, 2.75) is 41.3 Å². The molecule has 0 saturated heterocycles. The number of benzene rings is 1. The van der Waals surface area contributed by atoms with Crippen molar-refractivity contribution in [3.8, 4) is 0 Å². The van der Waals surface area contributed by atoms with Gasteiger partial charge in [0.05, 0.1) is 0 Å². The molecule has 0 saturated carbocycles. The number of nitrogens with one attached hydrogen (secondary N) is 1. The van der Waals surface area contributed by atoms with Crippen LogP contribution in [0.15, 0.2) is 39.0 Å². The van der Waals surface area contributed by atoms with Gasteiger partial charge >= 0.3 is 0 Å². The molecule has 3 N–H and O–H groups in total. The first-order valence-electron chi connectivity index (χ1n) is 7.32. The number of hydrogen-bond acceptors (Lipinski definition) is 6. The van der Waals surface area contributed by atoms with Gasteiger partial charge in [0.2, 0.25) is 5.91 Å². The minimum absolute atomic E-state index is 0. The minimum atomic E-state index is 0. The SMILES string of the molecule is Cl.NCCCCCCC(=O)Nc1ccc(Sc2nncs2)cc1. The van der Waals surface area contributed by atoms with E-state index in [0.29, 0.717) is 6.42 Å². The first-order valence-corrected chi connectivity index (χ1v) is 9.01. The fourth-order valence-corrected chi connectivity index (χ4v) is 3.37. The van der Waals surface area contributed by atoms with Crippen LogP contribution in [0.25, 0.3) is 0 Å². The first kappa shape index (κ1) is 19.9. The van der Waals surface area contributed by atoms with E-state index in [1.165, 1.54) is 11.3 Å². The summed E-state index contributed by atoms with van der Waals surface area (Å²) in [5.41, 5.74) is 7.98. The highest BCUT2D eigenvalue weighted by molar-refractivity contribution is 8.01. The molecule has 5 nitrogen and oxygen atoms in total. The fraction of sp³-hybridized carbons (Fsp3) is 0.400. The highest BCUT2D eigenvalue weighted by Gasteiger charge is 2.04. The molecule has 1 aromatic carbocycles. The van der Waals surface area contributed by atoms with Crippen LogP contribution in [0.5, 0.6) is 0 Å². The molecular weight excluding hydrogens is 352 g/mol. The highest BCUT2D eigenvalue weighted by atomic mass is 35.5. The number of hydrogen-bond donors (Lipinski definition) is 2. The summed E-state index contributed by atoms with van der Waals surface area (Å²) in [6.07, 6.45) is 4.67. The van der Waals surface area contributed by atoms with Crippen LogP contribution in [0, 0.1) is 0 Å². The van der Waals surface area contributed by atoms with Gasteiger partial charge in [-0.1, -0.05) is 35.9 Å². The third-order valence-corrected chi connectivity index (χ3v) is 4.83. The number of halogens is 1. The van der Waals surface area contributed by atoms with E-state index >= 15 is 0 Å². The lowest BCUT2D eigenvalue weighted by Gasteiger charge is -2.06. The maximum Gasteiger partial charge on any atom is 0.224 e. The standard InChI is InChI=1S/C15H20N4OS2.ClH/c16-10-4-2-1-3-5-14(20)18-12-6-8-13(9-7-12)22-15-19-17-11-21-15;/h6-9,11H,1-5,10,16H2,(H,18,20);1H. The third kappa shape index (κ3) is 7.78. The molecule has 0 fully saturated rings. The van der Waals surface area contributed by atoms with Crippen molar-refractivity contribution >= 4 is 47.1 Å². The summed E-state index contributed by atoms with van der Waals surface area (Å²) in [7, 11) is 0. The topological polar surface area (TPSA) is 80.9 Å². The van der Waals surface area contributed by atoms with Gasteiger partial charge in [-0.3, -0.25) is 4.79 Å². The van der Waals surface area contributed by atoms with Gasteiger partial charge in [0.1, 0.15) is 5.51 Å². The Balaban J connectivity index is 0.00000264. The summed E-state index contributed by atoms with van der Waals surface area (Å²) in [5, 5.41) is 10.7. The van der Waals surface area contributed by atoms with Crippen molar-refractivity contribution in [3.05, 3.63) is 29.8 Å². The van der Waals surface area contributed by atoms with Gasteiger partial charge in [0.25, 0.3) is 0 Å². The number of nitrogens with two attached hydrogens (primary N) is 1. The lowest BCUT2D eigenvalue weighted by molar-refractivity contribution is -0.116. The Hall–Kier alpha value is -1.15. The number of amides is 1. The molecule has 0 aliphatic rings. The Kier molecular flexibility index (Phi) is 9.86. The summed E-state index contributed by atoms with van der Waals surface area (Å²) < 4.78 is 0.911. The summed E-state index contributed by atoms with van der Waals surface area (Å²) in [6, 6.07) is 7.78. The Morgan fingerprint density at radius 1 is 1.17 bits per heavy atom. The van der Waals surface area contributed by atoms with Gasteiger partial charge in [0, 0.05) is 17.0 Å². The normalized spacial score (nSPS) is 10.1. The zero-order valence-corrected chi connectivity index (χ0v) is 15.2. The van der Waals surface area contributed by atoms with Gasteiger partial charge in [-0.2, -0.15) is 0 Å². The number of carbonyl (C=O) groups is 1. The van der Waals surface area contributed by atoms with Crippen molar-refractivity contribution in [2.24, 2.45) is 5.73 Å². The van der Waals surface area contributed by atoms with Crippen LogP contribution in [0.4, 0.5) is 5.69 Å². The smallest absolute Gasteiger partial charge is 0.224 e. The average Bonchev–Trinajstić information content (AvgIpc) is 3.02. The number of nitrogens with zero attached hydrogens (tertiary/aromatic N) is 2. The average molecular weight is 373 g/mol. The van der Waals surface area contributed by atoms with Gasteiger partial charge < -0.3 is 11.1 Å². The molecule has 0 aliphatic heterocycles. The Morgan fingerprint density at radius 2 is 1.91 bits per heavy atom. The predicted molar refractivity (Wildman–Crippen MR) is 98.5 cm³/mol. The van der Waals surface area contributed by atoms with Crippen molar-refractivity contribution in [1.29, 1.82) is 0 Å². The molecule has 1 amide bonds. The molecule has 0 spiro atoms. The molecule has 2 aromatic rings. The summed E-state index contributed by atoms with van der Waals surface area (Å²) in [6.45, 7) is 0.730. The zero-order valence-electron chi connectivity index (χ0n) is 12.7. The van der Waals surface area contributed by atoms with E-state index < -0.39 is 0 Å². The number of anilines is 1. The van der Waals surface area contributed by atoms with E-state index in [4.69, 9.17) is 5.73 Å². The van der Waals surface area contributed by atoms with Crippen molar-refractivity contribution < 1.29 is 4.79 Å². The fourth-order valence-electron chi connectivity index (χ4n) is 1.92. The molecule has 1 heterocycles. The molecule has 0 atom stereocenters. The third-order valence-electron chi connectivity index (χ3n) is 3.04. The molecule has 0 unspecified atom stereocenters. The second-order valence-corrected chi connectivity index (χ2v) is 6.99. The van der Waals surface area contributed by atoms with Gasteiger partial charge in [-0.25, -0.2) is 0 Å². The molecule has 0 bridgehead atoms. The minimum Gasteiger partial charge on any atom is -0.330 e. The van der Waals surface area contributed by atoms with Gasteiger partial charge in [-0.05, 0) is 43.7 Å². The quantitative estimate of drug-likeness (QED) is 0.651. The van der Waals surface area contributed by atoms with Crippen LogP contribution in [0.1, 0.15) is 32.1 Å². The van der Waals surface area contributed by atoms with Crippen LogP contribution >= 0.6 is 35.5 Å². The van der Waals surface area contributed by atoms with E-state index in [0.717, 1.165) is 47.2 Å². The predicted octanol–water partition coefficient (Wildman–Crippen LogP) is 3.96. The molecule has 1 aromatic heterocycles. The van der Waals surface area contributed by atoms with E-state index in [2.05, 4.69) is 15.5 Å². The molecule has 0 aliphatic carbocycles. The van der Waals surface area contributed by atoms with Gasteiger partial charge in [0.15, 0.2) is 4.34 Å². The Bertz CT molecular complexity index is 563. The number of rotatable bonds is 9. The van der Waals surface area contributed by atoms with Crippen molar-refractivity contribution in [1.82, 2.24) is 10.2 Å². The van der Waals surface area contributed by atoms with Crippen LogP contribution in [-0.4, -0.2) is 22.6 Å². The lowest BCUT2D eigenvalue weighted by Crippen LogP contribution is -2.11. The van der Waals surface area contributed by atoms with Crippen LogP contribution < -0.4 is 11.1 Å². The highest BCUT2D eigenvalue weighted by Crippen LogP contribution is 2.29. The molecule has 0 radical (unpaired) electrons. The molecule has 126 valence electrons. The van der Waals surface area contributed by atoms with Crippen molar-refractivity contribution in [3.63, 3.8) is 0 Å². The molecule has 8 heteroatoms. The van der Waals surface area contributed by atoms with Crippen LogP contribution in [-0.2, 0) is 4.79 Å². The molecule has 23 heavy (non-hydrogen) atoms. The van der Waals surface area contributed by atoms with Crippen molar-refractivity contribution in [2.75, 3.05) is 11.9 Å². The summed E-state index contributed by atoms with van der Waals surface area (Å²) in [5.74, 6) is 0.0669. The first-order chi connectivity index (χ1) is 10.8. The number of carbonyl (C=O) groups excluding carboxylic acids is 1. The maximum absolute atomic E-state index is 11.8. The summed E-state index contributed by atoms with van der Waals surface area (Å²) in [4.78, 5) is 12.9. The number of unbranched alkanes of at least 4 members (excludes halogenated alkanes) is 3. The Morgan fingerprint density at radius 3 is 2.57 bits per heavy atom. The van der Waals surface area contributed by atoms with E-state index in [9.17, 15) is 4.79 Å². The summed E-state index contributed by atoms with van der Waals surface area (Å²) >= 11 is 3.08. The zero-order chi connectivity index (χ0) is 15.6. The monoisotopic (exact) mass is 372 g/mol. The maximum atomic E-state index is 11.8. The van der Waals surface area contributed by atoms with Gasteiger partial charge in [-0.15, -0.1) is 22.6 Å². The van der Waals surface area contributed by atoms with E-state index in [1.54, 1.807) is 17.3 Å².